The van der Waals surface area contributed by atoms with Crippen LogP contribution in [-0.4, -0.2) is 10.9 Å². The van der Waals surface area contributed by atoms with Crippen molar-refractivity contribution in [3.05, 3.63) is 81.4 Å². The zero-order valence-corrected chi connectivity index (χ0v) is 15.5. The highest BCUT2D eigenvalue weighted by Gasteiger charge is 2.11. The van der Waals surface area contributed by atoms with E-state index >= 15 is 0 Å². The zero-order valence-electron chi connectivity index (χ0n) is 13.3. The summed E-state index contributed by atoms with van der Waals surface area (Å²) >= 11 is 2.21. The molecule has 0 bridgehead atoms. The number of halogens is 2. The topological polar surface area (TPSA) is 51.2 Å². The number of anilines is 1. The molecule has 25 heavy (non-hydrogen) atoms. The molecular formula is C19H14FIN2O2. The molecule has 4 nitrogen and oxygen atoms in total. The van der Waals surface area contributed by atoms with Gasteiger partial charge in [0.15, 0.2) is 0 Å². The Morgan fingerprint density at radius 1 is 1.08 bits per heavy atom. The van der Waals surface area contributed by atoms with Crippen LogP contribution in [0.4, 0.5) is 10.1 Å². The Labute approximate surface area is 158 Å². The lowest BCUT2D eigenvalue weighted by molar-refractivity contribution is 0.102. The number of nitrogens with one attached hydrogen (secondary N) is 1. The highest BCUT2D eigenvalue weighted by Crippen LogP contribution is 2.27. The summed E-state index contributed by atoms with van der Waals surface area (Å²) in [4.78, 5) is 15.9. The molecule has 0 aliphatic rings. The molecule has 0 spiro atoms. The number of para-hydroxylation sites is 1. The van der Waals surface area contributed by atoms with Crippen LogP contribution in [0.1, 0.15) is 16.1 Å². The van der Waals surface area contributed by atoms with Crippen LogP contribution in [0.15, 0.2) is 60.7 Å². The summed E-state index contributed by atoms with van der Waals surface area (Å²) in [6.07, 6.45) is 0. The lowest BCUT2D eigenvalue weighted by Gasteiger charge is -2.10. The quantitative estimate of drug-likeness (QED) is 0.442. The van der Waals surface area contributed by atoms with Gasteiger partial charge < -0.3 is 10.1 Å². The summed E-state index contributed by atoms with van der Waals surface area (Å²) < 4.78 is 19.9. The Balaban J connectivity index is 1.70. The minimum absolute atomic E-state index is 0.334. The number of hydrogen-bond donors (Lipinski definition) is 1. The van der Waals surface area contributed by atoms with E-state index in [0.29, 0.717) is 22.7 Å². The lowest BCUT2D eigenvalue weighted by Crippen LogP contribution is -2.14. The number of aryl methyl sites for hydroxylation is 1. The van der Waals surface area contributed by atoms with Gasteiger partial charge in [0.1, 0.15) is 11.5 Å². The van der Waals surface area contributed by atoms with E-state index in [1.165, 1.54) is 12.1 Å². The first-order valence-electron chi connectivity index (χ1n) is 7.50. The van der Waals surface area contributed by atoms with E-state index in [4.69, 9.17) is 4.74 Å². The third kappa shape index (κ3) is 4.33. The van der Waals surface area contributed by atoms with E-state index in [1.807, 2.05) is 24.3 Å². The summed E-state index contributed by atoms with van der Waals surface area (Å²) in [5.74, 6) is 0.497. The number of aromatic nitrogens is 1. The molecule has 2 aromatic carbocycles. The maximum absolute atomic E-state index is 13.0. The van der Waals surface area contributed by atoms with Gasteiger partial charge >= 0.3 is 0 Å². The molecule has 1 aromatic heterocycles. The largest absolute Gasteiger partial charge is 0.456 e. The van der Waals surface area contributed by atoms with Crippen molar-refractivity contribution in [3.63, 3.8) is 0 Å². The smallest absolute Gasteiger partial charge is 0.257 e. The number of rotatable bonds is 4. The maximum atomic E-state index is 13.0. The monoisotopic (exact) mass is 448 g/mol. The predicted molar refractivity (Wildman–Crippen MR) is 103 cm³/mol. The number of hydrogen-bond acceptors (Lipinski definition) is 3. The minimum Gasteiger partial charge on any atom is -0.456 e. The Morgan fingerprint density at radius 2 is 1.80 bits per heavy atom. The third-order valence-electron chi connectivity index (χ3n) is 3.47. The first-order chi connectivity index (χ1) is 12.0. The Bertz CT molecular complexity index is 914. The van der Waals surface area contributed by atoms with Crippen LogP contribution in [-0.2, 0) is 0 Å². The van der Waals surface area contributed by atoms with Gasteiger partial charge in [-0.05, 0) is 78.0 Å². The average molecular weight is 448 g/mol. The predicted octanol–water partition coefficient (Wildman–Crippen LogP) is 5.18. The van der Waals surface area contributed by atoms with Crippen molar-refractivity contribution in [2.45, 2.75) is 6.92 Å². The SMILES string of the molecule is Cc1nc(F)ccc1C(=O)Nc1ccc(Oc2ccccc2I)cc1. The van der Waals surface area contributed by atoms with Crippen molar-refractivity contribution in [1.29, 1.82) is 0 Å². The molecule has 1 heterocycles. The van der Waals surface area contributed by atoms with Crippen LogP contribution in [0.5, 0.6) is 11.5 Å². The molecule has 1 N–H and O–H groups in total. The van der Waals surface area contributed by atoms with Crippen LogP contribution in [0.25, 0.3) is 0 Å². The molecule has 0 saturated carbocycles. The molecule has 126 valence electrons. The second kappa shape index (κ2) is 7.60. The van der Waals surface area contributed by atoms with Crippen molar-refractivity contribution in [3.8, 4) is 11.5 Å². The second-order valence-electron chi connectivity index (χ2n) is 5.28. The number of nitrogens with zero attached hydrogens (tertiary/aromatic N) is 1. The van der Waals surface area contributed by atoms with Crippen LogP contribution >= 0.6 is 22.6 Å². The Hall–Kier alpha value is -2.48. The third-order valence-corrected chi connectivity index (χ3v) is 4.36. The summed E-state index contributed by atoms with van der Waals surface area (Å²) in [6, 6.07) is 17.3. The molecule has 6 heteroatoms. The van der Waals surface area contributed by atoms with Gasteiger partial charge in [0.2, 0.25) is 5.95 Å². The van der Waals surface area contributed by atoms with E-state index in [0.717, 1.165) is 9.32 Å². The summed E-state index contributed by atoms with van der Waals surface area (Å²) in [7, 11) is 0. The standard InChI is InChI=1S/C19H14FIN2O2/c1-12-15(10-11-18(20)22-12)19(24)23-13-6-8-14(9-7-13)25-17-5-3-2-4-16(17)21/h2-11H,1H3,(H,23,24). The van der Waals surface area contributed by atoms with Gasteiger partial charge in [-0.1, -0.05) is 12.1 Å². The highest BCUT2D eigenvalue weighted by atomic mass is 127. The van der Waals surface area contributed by atoms with E-state index in [9.17, 15) is 9.18 Å². The van der Waals surface area contributed by atoms with Gasteiger partial charge in [0.25, 0.3) is 5.91 Å². The number of ether oxygens (including phenoxy) is 1. The van der Waals surface area contributed by atoms with Crippen LogP contribution in [0.3, 0.4) is 0 Å². The van der Waals surface area contributed by atoms with E-state index in [-0.39, 0.29) is 5.91 Å². The molecule has 0 unspecified atom stereocenters. The average Bonchev–Trinajstić information content (AvgIpc) is 2.58. The van der Waals surface area contributed by atoms with Gasteiger partial charge in [0.05, 0.1) is 14.8 Å². The molecule has 0 saturated heterocycles. The van der Waals surface area contributed by atoms with Gasteiger partial charge in [-0.15, -0.1) is 0 Å². The van der Waals surface area contributed by atoms with Gasteiger partial charge in [-0.25, -0.2) is 4.98 Å². The van der Waals surface area contributed by atoms with E-state index in [2.05, 4.69) is 32.9 Å². The van der Waals surface area contributed by atoms with Crippen LogP contribution < -0.4 is 10.1 Å². The molecule has 3 aromatic rings. The fourth-order valence-electron chi connectivity index (χ4n) is 2.23. The summed E-state index contributed by atoms with van der Waals surface area (Å²) in [6.45, 7) is 1.59. The maximum Gasteiger partial charge on any atom is 0.257 e. The molecule has 1 amide bonds. The van der Waals surface area contributed by atoms with Crippen molar-refractivity contribution < 1.29 is 13.9 Å². The summed E-state index contributed by atoms with van der Waals surface area (Å²) in [5, 5.41) is 2.76. The normalized spacial score (nSPS) is 10.4. The van der Waals surface area contributed by atoms with Gasteiger partial charge in [-0.3, -0.25) is 4.79 Å². The minimum atomic E-state index is -0.605. The molecule has 0 radical (unpaired) electrons. The number of carbonyl (C=O) groups excluding carboxylic acids is 1. The first kappa shape index (κ1) is 17.3. The number of benzene rings is 2. The highest BCUT2D eigenvalue weighted by molar-refractivity contribution is 14.1. The number of carbonyl (C=O) groups is 1. The van der Waals surface area contributed by atoms with Crippen molar-refractivity contribution in [1.82, 2.24) is 4.98 Å². The Kier molecular flexibility index (Phi) is 5.28. The molecule has 0 aliphatic carbocycles. The molecule has 3 rings (SSSR count). The van der Waals surface area contributed by atoms with Crippen LogP contribution in [0.2, 0.25) is 0 Å². The second-order valence-corrected chi connectivity index (χ2v) is 6.44. The fourth-order valence-corrected chi connectivity index (χ4v) is 2.73. The zero-order chi connectivity index (χ0) is 17.8. The van der Waals surface area contributed by atoms with E-state index in [1.54, 1.807) is 31.2 Å². The molecular weight excluding hydrogens is 434 g/mol. The van der Waals surface area contributed by atoms with Crippen molar-refractivity contribution in [2.75, 3.05) is 5.32 Å². The fraction of sp³-hybridized carbons (Fsp3) is 0.0526. The van der Waals surface area contributed by atoms with Crippen molar-refractivity contribution >= 4 is 34.2 Å². The molecule has 0 fully saturated rings. The van der Waals surface area contributed by atoms with E-state index < -0.39 is 5.95 Å². The molecule has 0 atom stereocenters. The number of pyridine rings is 1. The summed E-state index contributed by atoms with van der Waals surface area (Å²) in [5.41, 5.74) is 1.29. The Morgan fingerprint density at radius 3 is 2.48 bits per heavy atom. The number of amides is 1. The van der Waals surface area contributed by atoms with Gasteiger partial charge in [-0.2, -0.15) is 4.39 Å². The van der Waals surface area contributed by atoms with Crippen LogP contribution in [0, 0.1) is 16.4 Å². The molecule has 0 aliphatic heterocycles. The lowest BCUT2D eigenvalue weighted by atomic mass is 10.2. The first-order valence-corrected chi connectivity index (χ1v) is 8.58. The van der Waals surface area contributed by atoms with Crippen molar-refractivity contribution in [2.24, 2.45) is 0 Å². The van der Waals surface area contributed by atoms with Gasteiger partial charge in [0, 0.05) is 5.69 Å².